The fraction of sp³-hybridized carbons (Fsp3) is 0.667. The Kier molecular flexibility index (Phi) is 2.84. The van der Waals surface area contributed by atoms with Gasteiger partial charge in [-0.1, -0.05) is 23.8 Å². The molecule has 2 aliphatic rings. The van der Waals surface area contributed by atoms with E-state index in [1.54, 1.807) is 5.57 Å². The Hall–Kier alpha value is -0.560. The van der Waals surface area contributed by atoms with Crippen LogP contribution >= 0.6 is 0 Å². The summed E-state index contributed by atoms with van der Waals surface area (Å²) in [5, 5.41) is 0. The Balaban J connectivity index is 1.91. The second-order valence-electron chi connectivity index (χ2n) is 4.37. The van der Waals surface area contributed by atoms with Crippen molar-refractivity contribution in [2.24, 2.45) is 11.7 Å². The lowest BCUT2D eigenvalue weighted by Crippen LogP contribution is -2.13. The van der Waals surface area contributed by atoms with E-state index in [-0.39, 0.29) is 0 Å². The van der Waals surface area contributed by atoms with Crippen LogP contribution in [-0.2, 0) is 0 Å². The molecule has 0 aromatic heterocycles. The first kappa shape index (κ1) is 9.01. The Morgan fingerprint density at radius 3 is 2.85 bits per heavy atom. The van der Waals surface area contributed by atoms with E-state index < -0.39 is 0 Å². The van der Waals surface area contributed by atoms with Gasteiger partial charge in [0.05, 0.1) is 0 Å². The Morgan fingerprint density at radius 1 is 1.31 bits per heavy atom. The van der Waals surface area contributed by atoms with Gasteiger partial charge in [0, 0.05) is 6.04 Å². The van der Waals surface area contributed by atoms with Gasteiger partial charge in [0.1, 0.15) is 0 Å². The summed E-state index contributed by atoms with van der Waals surface area (Å²) in [5.74, 6) is 0.810. The van der Waals surface area contributed by atoms with Gasteiger partial charge in [0.2, 0.25) is 0 Å². The molecule has 0 spiro atoms. The smallest absolute Gasteiger partial charge is 0.00791 e. The first-order chi connectivity index (χ1) is 6.34. The molecule has 2 unspecified atom stereocenters. The number of hydrogen-bond donors (Lipinski definition) is 1. The molecule has 1 saturated carbocycles. The number of nitrogens with two attached hydrogens (primary N) is 1. The van der Waals surface area contributed by atoms with Crippen LogP contribution in [0.25, 0.3) is 0 Å². The van der Waals surface area contributed by atoms with Crippen LogP contribution in [0.15, 0.2) is 23.8 Å². The van der Waals surface area contributed by atoms with Crippen molar-refractivity contribution in [2.45, 2.75) is 44.6 Å². The molecule has 0 amide bonds. The van der Waals surface area contributed by atoms with Crippen LogP contribution in [0, 0.1) is 5.92 Å². The SMILES string of the molecule is NC1CC/C(=C/C2CC=CCC2)C1. The fourth-order valence-electron chi connectivity index (χ4n) is 2.36. The average molecular weight is 177 g/mol. The monoisotopic (exact) mass is 177 g/mol. The van der Waals surface area contributed by atoms with Crippen LogP contribution in [0.1, 0.15) is 38.5 Å². The van der Waals surface area contributed by atoms with Gasteiger partial charge in [-0.15, -0.1) is 0 Å². The Bertz CT molecular complexity index is 227. The molecule has 0 heterocycles. The normalized spacial score (nSPS) is 37.2. The van der Waals surface area contributed by atoms with Gasteiger partial charge < -0.3 is 5.73 Å². The Morgan fingerprint density at radius 2 is 2.23 bits per heavy atom. The lowest BCUT2D eigenvalue weighted by Gasteiger charge is -2.14. The van der Waals surface area contributed by atoms with Crippen LogP contribution in [-0.4, -0.2) is 6.04 Å². The summed E-state index contributed by atoms with van der Waals surface area (Å²) in [6.45, 7) is 0. The third kappa shape index (κ3) is 2.44. The van der Waals surface area contributed by atoms with E-state index in [0.717, 1.165) is 12.3 Å². The molecule has 72 valence electrons. The van der Waals surface area contributed by atoms with Gasteiger partial charge in [-0.25, -0.2) is 0 Å². The minimum atomic E-state index is 0.449. The molecule has 2 rings (SSSR count). The summed E-state index contributed by atoms with van der Waals surface area (Å²) in [6, 6.07) is 0.449. The zero-order chi connectivity index (χ0) is 9.10. The topological polar surface area (TPSA) is 26.0 Å². The van der Waals surface area contributed by atoms with Gasteiger partial charge >= 0.3 is 0 Å². The van der Waals surface area contributed by atoms with E-state index in [9.17, 15) is 0 Å². The zero-order valence-electron chi connectivity index (χ0n) is 8.21. The first-order valence-electron chi connectivity index (χ1n) is 5.45. The maximum atomic E-state index is 5.88. The van der Waals surface area contributed by atoms with E-state index in [1.807, 2.05) is 0 Å². The van der Waals surface area contributed by atoms with Crippen molar-refractivity contribution in [3.05, 3.63) is 23.8 Å². The Labute approximate surface area is 80.7 Å². The van der Waals surface area contributed by atoms with E-state index >= 15 is 0 Å². The standard InChI is InChI=1S/C12H19N/c13-12-7-6-11(9-12)8-10-4-2-1-3-5-10/h1-2,8,10,12H,3-7,9,13H2/b11-8-. The van der Waals surface area contributed by atoms with E-state index in [4.69, 9.17) is 5.73 Å². The maximum absolute atomic E-state index is 5.88. The van der Waals surface area contributed by atoms with Crippen molar-refractivity contribution in [3.8, 4) is 0 Å². The fourth-order valence-corrected chi connectivity index (χ4v) is 2.36. The molecular weight excluding hydrogens is 158 g/mol. The predicted molar refractivity (Wildman–Crippen MR) is 56.4 cm³/mol. The van der Waals surface area contributed by atoms with E-state index in [2.05, 4.69) is 18.2 Å². The highest BCUT2D eigenvalue weighted by molar-refractivity contribution is 5.13. The van der Waals surface area contributed by atoms with Crippen molar-refractivity contribution >= 4 is 0 Å². The van der Waals surface area contributed by atoms with Gasteiger partial charge in [0.15, 0.2) is 0 Å². The summed E-state index contributed by atoms with van der Waals surface area (Å²) in [6.07, 6.45) is 14.6. The third-order valence-corrected chi connectivity index (χ3v) is 3.14. The second kappa shape index (κ2) is 4.10. The summed E-state index contributed by atoms with van der Waals surface area (Å²) in [5.41, 5.74) is 7.49. The lowest BCUT2D eigenvalue weighted by atomic mass is 9.92. The molecule has 2 aliphatic carbocycles. The minimum Gasteiger partial charge on any atom is -0.327 e. The molecule has 0 radical (unpaired) electrons. The summed E-state index contributed by atoms with van der Waals surface area (Å²) in [4.78, 5) is 0. The largest absolute Gasteiger partial charge is 0.327 e. The van der Waals surface area contributed by atoms with Crippen LogP contribution in [0.3, 0.4) is 0 Å². The number of allylic oxidation sites excluding steroid dienone is 3. The molecule has 1 fully saturated rings. The van der Waals surface area contributed by atoms with Gasteiger partial charge in [-0.05, 0) is 44.4 Å². The highest BCUT2D eigenvalue weighted by Gasteiger charge is 2.16. The molecule has 2 atom stereocenters. The highest BCUT2D eigenvalue weighted by Crippen LogP contribution is 2.28. The molecule has 1 nitrogen and oxygen atoms in total. The quantitative estimate of drug-likeness (QED) is 0.612. The summed E-state index contributed by atoms with van der Waals surface area (Å²) >= 11 is 0. The number of hydrogen-bond acceptors (Lipinski definition) is 1. The molecule has 1 heteroatoms. The van der Waals surface area contributed by atoms with E-state index in [0.29, 0.717) is 6.04 Å². The molecule has 2 N–H and O–H groups in total. The average Bonchev–Trinajstić information content (AvgIpc) is 2.53. The van der Waals surface area contributed by atoms with Crippen LogP contribution in [0.5, 0.6) is 0 Å². The van der Waals surface area contributed by atoms with Crippen LogP contribution < -0.4 is 5.73 Å². The van der Waals surface area contributed by atoms with Crippen molar-refractivity contribution < 1.29 is 0 Å². The predicted octanol–water partition coefficient (Wildman–Crippen LogP) is 2.78. The van der Waals surface area contributed by atoms with Crippen molar-refractivity contribution in [2.75, 3.05) is 0 Å². The molecule has 0 aliphatic heterocycles. The lowest BCUT2D eigenvalue weighted by molar-refractivity contribution is 0.578. The van der Waals surface area contributed by atoms with Crippen molar-refractivity contribution in [1.82, 2.24) is 0 Å². The molecule has 0 saturated heterocycles. The van der Waals surface area contributed by atoms with Crippen LogP contribution in [0.2, 0.25) is 0 Å². The zero-order valence-corrected chi connectivity index (χ0v) is 8.21. The maximum Gasteiger partial charge on any atom is 0.00791 e. The molecule has 0 aromatic carbocycles. The number of rotatable bonds is 1. The first-order valence-corrected chi connectivity index (χ1v) is 5.45. The minimum absolute atomic E-state index is 0.449. The molecule has 13 heavy (non-hydrogen) atoms. The van der Waals surface area contributed by atoms with Gasteiger partial charge in [-0.3, -0.25) is 0 Å². The van der Waals surface area contributed by atoms with E-state index in [1.165, 1.54) is 32.1 Å². The van der Waals surface area contributed by atoms with Crippen molar-refractivity contribution in [3.63, 3.8) is 0 Å². The van der Waals surface area contributed by atoms with Gasteiger partial charge in [-0.2, -0.15) is 0 Å². The summed E-state index contributed by atoms with van der Waals surface area (Å²) in [7, 11) is 0. The highest BCUT2D eigenvalue weighted by atomic mass is 14.6. The molecule has 0 aromatic rings. The van der Waals surface area contributed by atoms with Gasteiger partial charge in [0.25, 0.3) is 0 Å². The third-order valence-electron chi connectivity index (χ3n) is 3.14. The van der Waals surface area contributed by atoms with Crippen LogP contribution in [0.4, 0.5) is 0 Å². The summed E-state index contributed by atoms with van der Waals surface area (Å²) < 4.78 is 0. The second-order valence-corrected chi connectivity index (χ2v) is 4.37. The van der Waals surface area contributed by atoms with Crippen molar-refractivity contribution in [1.29, 1.82) is 0 Å². The molecular formula is C12H19N. The molecule has 0 bridgehead atoms.